The summed E-state index contributed by atoms with van der Waals surface area (Å²) in [5, 5.41) is 0.636. The third-order valence-corrected chi connectivity index (χ3v) is 3.72. The summed E-state index contributed by atoms with van der Waals surface area (Å²) in [4.78, 5) is 4.29. The van der Waals surface area contributed by atoms with E-state index in [1.807, 2.05) is 12.1 Å². The van der Waals surface area contributed by atoms with Crippen LogP contribution in [0.3, 0.4) is 0 Å². The lowest BCUT2D eigenvalue weighted by atomic mass is 9.93. The number of nitrogens with zero attached hydrogens (tertiary/aromatic N) is 1. The van der Waals surface area contributed by atoms with Crippen LogP contribution in [0, 0.1) is 20.8 Å². The molecular weight excluding hydrogens is 256 g/mol. The summed E-state index contributed by atoms with van der Waals surface area (Å²) in [6.07, 6.45) is 2.49. The molecule has 0 fully saturated rings. The van der Waals surface area contributed by atoms with Crippen molar-refractivity contribution in [3.05, 3.63) is 63.4 Å². The maximum Gasteiger partial charge on any atom is 0.0760 e. The molecule has 1 heterocycles. The zero-order chi connectivity index (χ0) is 14.0. The second kappa shape index (κ2) is 5.72. The van der Waals surface area contributed by atoms with E-state index >= 15 is 0 Å². The van der Waals surface area contributed by atoms with Gasteiger partial charge in [-0.3, -0.25) is 4.98 Å². The van der Waals surface area contributed by atoms with Crippen molar-refractivity contribution in [3.63, 3.8) is 0 Å². The van der Waals surface area contributed by atoms with Gasteiger partial charge in [-0.2, -0.15) is 0 Å². The van der Waals surface area contributed by atoms with E-state index in [0.29, 0.717) is 5.02 Å². The van der Waals surface area contributed by atoms with Gasteiger partial charge in [-0.1, -0.05) is 29.3 Å². The summed E-state index contributed by atoms with van der Waals surface area (Å²) in [6.45, 7) is 6.36. The molecule has 19 heavy (non-hydrogen) atoms. The fraction of sp³-hybridized carbons (Fsp3) is 0.312. The second-order valence-corrected chi connectivity index (χ2v) is 5.47. The Hall–Kier alpha value is -1.38. The summed E-state index contributed by atoms with van der Waals surface area (Å²) in [7, 11) is 0. The highest BCUT2D eigenvalue weighted by Crippen LogP contribution is 2.25. The van der Waals surface area contributed by atoms with Crippen LogP contribution in [0.2, 0.25) is 5.02 Å². The van der Waals surface area contributed by atoms with Gasteiger partial charge >= 0.3 is 0 Å². The molecule has 3 heteroatoms. The lowest BCUT2D eigenvalue weighted by Gasteiger charge is -2.17. The molecule has 1 aromatic carbocycles. The quantitative estimate of drug-likeness (QED) is 0.922. The number of pyridine rings is 1. The van der Waals surface area contributed by atoms with E-state index in [4.69, 9.17) is 17.3 Å². The number of nitrogens with two attached hydrogens (primary N) is 1. The fourth-order valence-corrected chi connectivity index (χ4v) is 2.78. The van der Waals surface area contributed by atoms with Gasteiger partial charge in [-0.15, -0.1) is 0 Å². The van der Waals surface area contributed by atoms with E-state index in [1.54, 1.807) is 6.20 Å². The Morgan fingerprint density at radius 2 is 1.84 bits per heavy atom. The molecule has 1 atom stereocenters. The second-order valence-electron chi connectivity index (χ2n) is 5.06. The topological polar surface area (TPSA) is 38.9 Å². The summed E-state index contributed by atoms with van der Waals surface area (Å²) in [5.41, 5.74) is 12.2. The van der Waals surface area contributed by atoms with E-state index < -0.39 is 0 Å². The first kappa shape index (κ1) is 14.0. The van der Waals surface area contributed by atoms with Gasteiger partial charge in [-0.05, 0) is 56.0 Å². The van der Waals surface area contributed by atoms with Crippen LogP contribution >= 0.6 is 11.6 Å². The van der Waals surface area contributed by atoms with Crippen LogP contribution in [-0.2, 0) is 6.42 Å². The minimum Gasteiger partial charge on any atom is -0.322 e. The third-order valence-electron chi connectivity index (χ3n) is 3.40. The third kappa shape index (κ3) is 3.14. The van der Waals surface area contributed by atoms with E-state index in [-0.39, 0.29) is 6.04 Å². The lowest BCUT2D eigenvalue weighted by molar-refractivity contribution is 0.691. The van der Waals surface area contributed by atoms with Crippen molar-refractivity contribution in [1.29, 1.82) is 0 Å². The van der Waals surface area contributed by atoms with Gasteiger partial charge in [0.15, 0.2) is 0 Å². The molecule has 0 aliphatic rings. The molecule has 0 saturated carbocycles. The van der Waals surface area contributed by atoms with Gasteiger partial charge in [-0.25, -0.2) is 0 Å². The molecule has 0 aliphatic carbocycles. The molecule has 0 radical (unpaired) electrons. The first-order chi connectivity index (χ1) is 8.99. The van der Waals surface area contributed by atoms with Gasteiger partial charge in [0, 0.05) is 6.20 Å². The molecule has 100 valence electrons. The Kier molecular flexibility index (Phi) is 4.23. The molecule has 1 unspecified atom stereocenters. The molecule has 1 aromatic heterocycles. The van der Waals surface area contributed by atoms with Crippen LogP contribution in [0.15, 0.2) is 30.5 Å². The van der Waals surface area contributed by atoms with E-state index in [2.05, 4.69) is 37.9 Å². The van der Waals surface area contributed by atoms with E-state index in [0.717, 1.165) is 12.1 Å². The number of halogens is 1. The van der Waals surface area contributed by atoms with Gasteiger partial charge in [0.2, 0.25) is 0 Å². The smallest absolute Gasteiger partial charge is 0.0760 e. The van der Waals surface area contributed by atoms with E-state index in [9.17, 15) is 0 Å². The minimum atomic E-state index is -0.172. The molecular formula is C16H19ClN2. The average molecular weight is 275 g/mol. The van der Waals surface area contributed by atoms with Gasteiger partial charge in [0.1, 0.15) is 0 Å². The molecule has 2 aromatic rings. The predicted octanol–water partition coefficient (Wildman–Crippen LogP) is 3.90. The number of aryl methyl sites for hydroxylation is 3. The van der Waals surface area contributed by atoms with Gasteiger partial charge < -0.3 is 5.73 Å². The van der Waals surface area contributed by atoms with Crippen LogP contribution in [0.25, 0.3) is 0 Å². The molecule has 0 amide bonds. The van der Waals surface area contributed by atoms with Crippen LogP contribution < -0.4 is 5.73 Å². The monoisotopic (exact) mass is 274 g/mol. The Bertz CT molecular complexity index is 570. The van der Waals surface area contributed by atoms with Gasteiger partial charge in [0.25, 0.3) is 0 Å². The highest BCUT2D eigenvalue weighted by atomic mass is 35.5. The Morgan fingerprint density at radius 1 is 1.21 bits per heavy atom. The maximum atomic E-state index is 6.26. The molecule has 0 spiro atoms. The van der Waals surface area contributed by atoms with Crippen molar-refractivity contribution in [2.75, 3.05) is 0 Å². The number of rotatable bonds is 3. The Morgan fingerprint density at radius 3 is 2.42 bits per heavy atom. The molecule has 0 bridgehead atoms. The number of benzene rings is 1. The zero-order valence-corrected chi connectivity index (χ0v) is 12.3. The SMILES string of the molecule is Cc1cc(C)c(CC(N)c2ncccc2Cl)c(C)c1. The maximum absolute atomic E-state index is 6.26. The predicted molar refractivity (Wildman–Crippen MR) is 80.5 cm³/mol. The van der Waals surface area contributed by atoms with Crippen molar-refractivity contribution in [2.45, 2.75) is 33.2 Å². The van der Waals surface area contributed by atoms with E-state index in [1.165, 1.54) is 22.3 Å². The molecule has 0 saturated heterocycles. The molecule has 0 aliphatic heterocycles. The summed E-state index contributed by atoms with van der Waals surface area (Å²) in [6, 6.07) is 7.86. The first-order valence-corrected chi connectivity index (χ1v) is 6.79. The van der Waals surface area contributed by atoms with Crippen LogP contribution in [0.4, 0.5) is 0 Å². The van der Waals surface area contributed by atoms with Crippen molar-refractivity contribution in [2.24, 2.45) is 5.73 Å². The Balaban J connectivity index is 2.29. The number of hydrogen-bond donors (Lipinski definition) is 1. The summed E-state index contributed by atoms with van der Waals surface area (Å²) < 4.78 is 0. The average Bonchev–Trinajstić information content (AvgIpc) is 2.34. The number of hydrogen-bond acceptors (Lipinski definition) is 2. The van der Waals surface area contributed by atoms with Crippen molar-refractivity contribution < 1.29 is 0 Å². The molecule has 2 N–H and O–H groups in total. The first-order valence-electron chi connectivity index (χ1n) is 6.41. The fourth-order valence-electron chi connectivity index (χ4n) is 2.52. The van der Waals surface area contributed by atoms with Crippen LogP contribution in [-0.4, -0.2) is 4.98 Å². The van der Waals surface area contributed by atoms with Crippen LogP contribution in [0.1, 0.15) is 34.0 Å². The van der Waals surface area contributed by atoms with Crippen molar-refractivity contribution in [3.8, 4) is 0 Å². The zero-order valence-electron chi connectivity index (χ0n) is 11.6. The highest BCUT2D eigenvalue weighted by Gasteiger charge is 2.14. The van der Waals surface area contributed by atoms with Crippen molar-refractivity contribution >= 4 is 11.6 Å². The lowest BCUT2D eigenvalue weighted by Crippen LogP contribution is -2.16. The molecule has 2 nitrogen and oxygen atoms in total. The highest BCUT2D eigenvalue weighted by molar-refractivity contribution is 6.31. The number of aromatic nitrogens is 1. The minimum absolute atomic E-state index is 0.172. The summed E-state index contributed by atoms with van der Waals surface area (Å²) >= 11 is 6.15. The van der Waals surface area contributed by atoms with Gasteiger partial charge in [0.05, 0.1) is 16.8 Å². The Labute approximate surface area is 119 Å². The normalized spacial score (nSPS) is 12.5. The standard InChI is InChI=1S/C16H19ClN2/c1-10-7-11(2)13(12(3)8-10)9-15(18)16-14(17)5-4-6-19-16/h4-8,15H,9,18H2,1-3H3. The summed E-state index contributed by atoms with van der Waals surface area (Å²) in [5.74, 6) is 0. The van der Waals surface area contributed by atoms with Crippen molar-refractivity contribution in [1.82, 2.24) is 4.98 Å². The van der Waals surface area contributed by atoms with Crippen LogP contribution in [0.5, 0.6) is 0 Å². The molecule has 2 rings (SSSR count). The largest absolute Gasteiger partial charge is 0.322 e.